The Kier molecular flexibility index (Phi) is 6.55. The van der Waals surface area contributed by atoms with Gasteiger partial charge in [-0.1, -0.05) is 0 Å². The molecular formula is C13H21NO5. The molecule has 2 N–H and O–H groups in total. The zero-order valence-electron chi connectivity index (χ0n) is 11.5. The van der Waals surface area contributed by atoms with Gasteiger partial charge in [-0.25, -0.2) is 4.79 Å². The van der Waals surface area contributed by atoms with Crippen LogP contribution in [0.1, 0.15) is 35.7 Å². The topological polar surface area (TPSA) is 80.9 Å². The Morgan fingerprint density at radius 3 is 2.84 bits per heavy atom. The normalized spacial score (nSPS) is 14.1. The Hall–Kier alpha value is -1.37. The number of methoxy groups -OCH3 is 2. The van der Waals surface area contributed by atoms with Crippen LogP contribution in [0, 0.1) is 0 Å². The molecule has 0 bridgehead atoms. The van der Waals surface area contributed by atoms with Crippen molar-refractivity contribution < 1.29 is 23.8 Å². The van der Waals surface area contributed by atoms with Gasteiger partial charge in [-0.3, -0.25) is 0 Å². The molecule has 0 aliphatic carbocycles. The predicted octanol–water partition coefficient (Wildman–Crippen LogP) is 1.11. The quantitative estimate of drug-likeness (QED) is 0.689. The number of nitrogens with one attached hydrogen (secondary N) is 1. The molecule has 108 valence electrons. The van der Waals surface area contributed by atoms with Gasteiger partial charge >= 0.3 is 5.97 Å². The van der Waals surface area contributed by atoms with E-state index in [0.717, 1.165) is 0 Å². The second kappa shape index (κ2) is 7.93. The van der Waals surface area contributed by atoms with Crippen LogP contribution in [0.4, 0.5) is 0 Å². The van der Waals surface area contributed by atoms with E-state index in [1.165, 1.54) is 7.11 Å². The van der Waals surface area contributed by atoms with Crippen LogP contribution in [0.3, 0.4) is 0 Å². The SMILES string of the molecule is COCC(O)CCNC(C)c1ccc(C(=O)OC)o1. The van der Waals surface area contributed by atoms with E-state index in [0.29, 0.717) is 25.3 Å². The summed E-state index contributed by atoms with van der Waals surface area (Å²) in [4.78, 5) is 11.2. The van der Waals surface area contributed by atoms with Gasteiger partial charge in [-0.2, -0.15) is 0 Å². The minimum atomic E-state index is -0.492. The highest BCUT2D eigenvalue weighted by molar-refractivity contribution is 5.86. The molecule has 2 atom stereocenters. The summed E-state index contributed by atoms with van der Waals surface area (Å²) in [5, 5.41) is 12.7. The van der Waals surface area contributed by atoms with Crippen LogP contribution < -0.4 is 5.32 Å². The first-order valence-corrected chi connectivity index (χ1v) is 6.17. The lowest BCUT2D eigenvalue weighted by molar-refractivity contribution is 0.0561. The van der Waals surface area contributed by atoms with Crippen LogP contribution in [0.25, 0.3) is 0 Å². The molecule has 6 nitrogen and oxygen atoms in total. The van der Waals surface area contributed by atoms with E-state index < -0.39 is 12.1 Å². The number of furan rings is 1. The van der Waals surface area contributed by atoms with Crippen molar-refractivity contribution in [3.05, 3.63) is 23.7 Å². The van der Waals surface area contributed by atoms with Gasteiger partial charge in [0.05, 0.1) is 25.9 Å². The van der Waals surface area contributed by atoms with Crippen LogP contribution >= 0.6 is 0 Å². The number of esters is 1. The molecule has 0 spiro atoms. The second-order valence-electron chi connectivity index (χ2n) is 4.27. The standard InChI is InChI=1S/C13H21NO5/c1-9(14-7-6-10(15)8-17-2)11-4-5-12(19-11)13(16)18-3/h4-5,9-10,14-15H,6-8H2,1-3H3. The van der Waals surface area contributed by atoms with Gasteiger partial charge in [-0.05, 0) is 32.0 Å². The maximum absolute atomic E-state index is 11.2. The second-order valence-corrected chi connectivity index (χ2v) is 4.27. The molecule has 6 heteroatoms. The third-order valence-corrected chi connectivity index (χ3v) is 2.73. The number of carbonyl (C=O) groups excluding carboxylic acids is 1. The number of aliphatic hydroxyl groups is 1. The summed E-state index contributed by atoms with van der Waals surface area (Å²) in [7, 11) is 2.86. The van der Waals surface area contributed by atoms with Gasteiger partial charge in [0.25, 0.3) is 0 Å². The first-order valence-electron chi connectivity index (χ1n) is 6.17. The van der Waals surface area contributed by atoms with E-state index in [1.807, 2.05) is 6.92 Å². The van der Waals surface area contributed by atoms with Crippen molar-refractivity contribution in [3.8, 4) is 0 Å². The smallest absolute Gasteiger partial charge is 0.373 e. The van der Waals surface area contributed by atoms with Gasteiger partial charge in [0.15, 0.2) is 0 Å². The maximum Gasteiger partial charge on any atom is 0.373 e. The van der Waals surface area contributed by atoms with Crippen molar-refractivity contribution >= 4 is 5.97 Å². The van der Waals surface area contributed by atoms with Gasteiger partial charge in [-0.15, -0.1) is 0 Å². The lowest BCUT2D eigenvalue weighted by atomic mass is 10.2. The summed E-state index contributed by atoms with van der Waals surface area (Å²) < 4.78 is 14.8. The molecule has 0 aliphatic heterocycles. The Balaban J connectivity index is 2.39. The molecule has 0 aliphatic rings. The molecule has 0 saturated carbocycles. The van der Waals surface area contributed by atoms with Crippen molar-refractivity contribution in [2.75, 3.05) is 27.4 Å². The van der Waals surface area contributed by atoms with E-state index in [1.54, 1.807) is 19.2 Å². The number of carbonyl (C=O) groups is 1. The van der Waals surface area contributed by atoms with Crippen LogP contribution in [0.5, 0.6) is 0 Å². The fourth-order valence-electron chi connectivity index (χ4n) is 1.64. The highest BCUT2D eigenvalue weighted by Crippen LogP contribution is 2.16. The average molecular weight is 271 g/mol. The molecule has 1 rings (SSSR count). The maximum atomic E-state index is 11.2. The summed E-state index contributed by atoms with van der Waals surface area (Å²) in [5.74, 6) is 0.348. The highest BCUT2D eigenvalue weighted by Gasteiger charge is 2.15. The Labute approximate surface area is 112 Å². The molecule has 1 heterocycles. The monoisotopic (exact) mass is 271 g/mol. The molecule has 1 aromatic rings. The van der Waals surface area contributed by atoms with Gasteiger partial charge in [0, 0.05) is 7.11 Å². The largest absolute Gasteiger partial charge is 0.463 e. The van der Waals surface area contributed by atoms with Crippen LogP contribution in [0.2, 0.25) is 0 Å². The van der Waals surface area contributed by atoms with E-state index in [9.17, 15) is 9.90 Å². The number of ether oxygens (including phenoxy) is 2. The van der Waals surface area contributed by atoms with Gasteiger partial charge in [0.2, 0.25) is 5.76 Å². The van der Waals surface area contributed by atoms with Gasteiger partial charge < -0.3 is 24.3 Å². The summed E-state index contributed by atoms with van der Waals surface area (Å²) in [6, 6.07) is 3.27. The minimum absolute atomic E-state index is 0.0480. The molecule has 0 aromatic carbocycles. The van der Waals surface area contributed by atoms with Crippen LogP contribution in [-0.4, -0.2) is 44.6 Å². The van der Waals surface area contributed by atoms with Crippen LogP contribution in [0.15, 0.2) is 16.5 Å². The average Bonchev–Trinajstić information content (AvgIpc) is 2.87. The Morgan fingerprint density at radius 2 is 2.21 bits per heavy atom. The first-order chi connectivity index (χ1) is 9.08. The third-order valence-electron chi connectivity index (χ3n) is 2.73. The Bertz CT molecular complexity index is 390. The lowest BCUT2D eigenvalue weighted by Crippen LogP contribution is -2.25. The molecular weight excluding hydrogens is 250 g/mol. The van der Waals surface area contributed by atoms with Crippen LogP contribution in [-0.2, 0) is 9.47 Å². The lowest BCUT2D eigenvalue weighted by Gasteiger charge is -2.13. The number of hydrogen-bond acceptors (Lipinski definition) is 6. The van der Waals surface area contributed by atoms with Crippen molar-refractivity contribution in [3.63, 3.8) is 0 Å². The fraction of sp³-hybridized carbons (Fsp3) is 0.615. The zero-order chi connectivity index (χ0) is 14.3. The number of hydrogen-bond donors (Lipinski definition) is 2. The molecule has 0 amide bonds. The fourth-order valence-corrected chi connectivity index (χ4v) is 1.64. The number of aliphatic hydroxyl groups excluding tert-OH is 1. The van der Waals surface area contributed by atoms with E-state index in [2.05, 4.69) is 10.1 Å². The van der Waals surface area contributed by atoms with Gasteiger partial charge in [0.1, 0.15) is 5.76 Å². The molecule has 0 saturated heterocycles. The third kappa shape index (κ3) is 5.02. The predicted molar refractivity (Wildman–Crippen MR) is 69.0 cm³/mol. The summed E-state index contributed by atoms with van der Waals surface area (Å²) in [6.07, 6.45) is 0.106. The Morgan fingerprint density at radius 1 is 1.47 bits per heavy atom. The van der Waals surface area contributed by atoms with Crippen molar-refractivity contribution in [1.82, 2.24) is 5.32 Å². The zero-order valence-corrected chi connectivity index (χ0v) is 11.5. The summed E-state index contributed by atoms with van der Waals surface area (Å²) >= 11 is 0. The summed E-state index contributed by atoms with van der Waals surface area (Å²) in [6.45, 7) is 2.87. The molecule has 2 unspecified atom stereocenters. The van der Waals surface area contributed by atoms with Crippen molar-refractivity contribution in [1.29, 1.82) is 0 Å². The first kappa shape index (κ1) is 15.7. The summed E-state index contributed by atoms with van der Waals surface area (Å²) in [5.41, 5.74) is 0. The molecule has 1 aromatic heterocycles. The minimum Gasteiger partial charge on any atom is -0.463 e. The van der Waals surface area contributed by atoms with Crippen molar-refractivity contribution in [2.45, 2.75) is 25.5 Å². The molecule has 19 heavy (non-hydrogen) atoms. The number of rotatable bonds is 8. The van der Waals surface area contributed by atoms with E-state index >= 15 is 0 Å². The highest BCUT2D eigenvalue weighted by atomic mass is 16.5. The van der Waals surface area contributed by atoms with E-state index in [4.69, 9.17) is 9.15 Å². The molecule has 0 radical (unpaired) electrons. The molecule has 0 fully saturated rings. The van der Waals surface area contributed by atoms with E-state index in [-0.39, 0.29) is 11.8 Å². The van der Waals surface area contributed by atoms with Crippen molar-refractivity contribution in [2.24, 2.45) is 0 Å².